The van der Waals surface area contributed by atoms with E-state index in [0.717, 1.165) is 0 Å². The van der Waals surface area contributed by atoms with Crippen LogP contribution in [0.25, 0.3) is 0 Å². The Labute approximate surface area is 187 Å². The Kier molecular flexibility index (Phi) is 8.19. The van der Waals surface area contributed by atoms with Crippen LogP contribution in [0.3, 0.4) is 0 Å². The molecule has 1 aliphatic heterocycles. The van der Waals surface area contributed by atoms with Crippen molar-refractivity contribution < 1.29 is 27.4 Å². The number of carbonyl (C=O) groups excluding carboxylic acids is 1. The molecule has 3 rings (SSSR count). The van der Waals surface area contributed by atoms with E-state index in [1.807, 2.05) is 0 Å². The Balaban J connectivity index is 1.47. The first kappa shape index (κ1) is 24.1. The molecule has 1 saturated heterocycles. The number of anilines is 1. The van der Waals surface area contributed by atoms with Crippen molar-refractivity contribution in [1.29, 1.82) is 0 Å². The van der Waals surface area contributed by atoms with Crippen LogP contribution in [0.15, 0.2) is 53.4 Å². The number of aryl methyl sites for hydroxylation is 1. The van der Waals surface area contributed by atoms with Gasteiger partial charge in [-0.1, -0.05) is 24.3 Å². The summed E-state index contributed by atoms with van der Waals surface area (Å²) in [5.74, 6) is -0.460. The van der Waals surface area contributed by atoms with Gasteiger partial charge in [-0.3, -0.25) is 0 Å². The zero-order valence-corrected chi connectivity index (χ0v) is 18.6. The number of urea groups is 1. The number of nitrogens with one attached hydrogen (secondary N) is 3. The monoisotopic (exact) mass is 465 g/mol. The molecule has 8 nitrogen and oxygen atoms in total. The number of hydrogen-bond donors (Lipinski definition) is 4. The summed E-state index contributed by atoms with van der Waals surface area (Å²) in [6.07, 6.45) is 0.699. The average Bonchev–Trinajstić information content (AvgIpc) is 2.74. The van der Waals surface area contributed by atoms with Crippen LogP contribution in [0.4, 0.5) is 14.9 Å². The average molecular weight is 466 g/mol. The molecule has 0 bridgehead atoms. The first-order valence-corrected chi connectivity index (χ1v) is 11.9. The van der Waals surface area contributed by atoms with Crippen molar-refractivity contribution in [3.63, 3.8) is 0 Å². The topological polar surface area (TPSA) is 117 Å². The summed E-state index contributed by atoms with van der Waals surface area (Å²) in [4.78, 5) is 12.5. The van der Waals surface area contributed by atoms with Gasteiger partial charge in [0.1, 0.15) is 11.9 Å². The van der Waals surface area contributed by atoms with Crippen molar-refractivity contribution in [3.05, 3.63) is 59.9 Å². The third-order valence-corrected chi connectivity index (χ3v) is 6.96. The molecule has 0 aliphatic carbocycles. The maximum atomic E-state index is 13.3. The Bertz CT molecular complexity index is 1030. The molecule has 0 radical (unpaired) electrons. The standard InChI is InChI=1S/C22H28FN3O5S/c1-15-5-2-3-8-21(15)32(29,30)24-12-11-18-9-10-19(20(14-27)31-18)26-22(28)25-17-7-4-6-16(23)13-17/h2-8,13,18-20,24,27H,9-12,14H2,1H3,(H2,25,26,28)/t18-,19-,20-/m0/s1. The van der Waals surface area contributed by atoms with E-state index in [1.165, 1.54) is 18.2 Å². The molecule has 4 N–H and O–H groups in total. The lowest BCUT2D eigenvalue weighted by Gasteiger charge is -2.36. The Morgan fingerprint density at radius 2 is 1.97 bits per heavy atom. The number of hydrogen-bond acceptors (Lipinski definition) is 5. The number of ether oxygens (including phenoxy) is 1. The summed E-state index contributed by atoms with van der Waals surface area (Å²) in [5.41, 5.74) is 0.985. The molecule has 0 saturated carbocycles. The summed E-state index contributed by atoms with van der Waals surface area (Å²) in [7, 11) is -3.62. The molecule has 2 aromatic carbocycles. The molecule has 1 heterocycles. The second-order valence-electron chi connectivity index (χ2n) is 7.72. The summed E-state index contributed by atoms with van der Waals surface area (Å²) in [6, 6.07) is 11.3. The van der Waals surface area contributed by atoms with E-state index in [4.69, 9.17) is 4.74 Å². The highest BCUT2D eigenvalue weighted by atomic mass is 32.2. The lowest BCUT2D eigenvalue weighted by atomic mass is 9.97. The van der Waals surface area contributed by atoms with Crippen LogP contribution in [-0.2, 0) is 14.8 Å². The summed E-state index contributed by atoms with van der Waals surface area (Å²) in [6.45, 7) is 1.64. The van der Waals surface area contributed by atoms with Gasteiger partial charge >= 0.3 is 6.03 Å². The van der Waals surface area contributed by atoms with Crippen molar-refractivity contribution >= 4 is 21.7 Å². The van der Waals surface area contributed by atoms with Gasteiger partial charge in [0.2, 0.25) is 10.0 Å². The number of aliphatic hydroxyl groups is 1. The van der Waals surface area contributed by atoms with E-state index in [2.05, 4.69) is 15.4 Å². The third-order valence-electron chi connectivity index (χ3n) is 5.34. The first-order valence-electron chi connectivity index (χ1n) is 10.4. The van der Waals surface area contributed by atoms with Gasteiger partial charge in [0.15, 0.2) is 0 Å². The second-order valence-corrected chi connectivity index (χ2v) is 9.46. The molecule has 0 unspecified atom stereocenters. The lowest BCUT2D eigenvalue weighted by molar-refractivity contribution is -0.0884. The summed E-state index contributed by atoms with van der Waals surface area (Å²) in [5, 5.41) is 15.0. The third kappa shape index (κ3) is 6.49. The largest absolute Gasteiger partial charge is 0.394 e. The van der Waals surface area contributed by atoms with Gasteiger partial charge in [0.05, 0.1) is 23.6 Å². The van der Waals surface area contributed by atoms with Gasteiger partial charge in [-0.15, -0.1) is 0 Å². The molecule has 3 atom stereocenters. The molecule has 0 aromatic heterocycles. The van der Waals surface area contributed by atoms with Gasteiger partial charge in [-0.2, -0.15) is 0 Å². The minimum atomic E-state index is -3.62. The second kappa shape index (κ2) is 10.9. The normalized spacial score (nSPS) is 21.2. The van der Waals surface area contributed by atoms with Crippen LogP contribution in [0.2, 0.25) is 0 Å². The summed E-state index contributed by atoms with van der Waals surface area (Å²) >= 11 is 0. The zero-order valence-electron chi connectivity index (χ0n) is 17.8. The van der Waals surface area contributed by atoms with Gasteiger partial charge in [0, 0.05) is 12.2 Å². The van der Waals surface area contributed by atoms with E-state index in [-0.39, 0.29) is 24.2 Å². The molecule has 2 aromatic rings. The number of amides is 2. The predicted octanol–water partition coefficient (Wildman–Crippen LogP) is 2.53. The zero-order chi connectivity index (χ0) is 23.1. The molecule has 174 valence electrons. The summed E-state index contributed by atoms with van der Waals surface area (Å²) < 4.78 is 46.7. The van der Waals surface area contributed by atoms with Crippen LogP contribution < -0.4 is 15.4 Å². The van der Waals surface area contributed by atoms with E-state index >= 15 is 0 Å². The van der Waals surface area contributed by atoms with Crippen LogP contribution in [0.5, 0.6) is 0 Å². The van der Waals surface area contributed by atoms with Crippen molar-refractivity contribution in [1.82, 2.24) is 10.0 Å². The fourth-order valence-electron chi connectivity index (χ4n) is 3.70. The van der Waals surface area contributed by atoms with Crippen LogP contribution in [0, 0.1) is 12.7 Å². The quantitative estimate of drug-likeness (QED) is 0.478. The fraction of sp³-hybridized carbons (Fsp3) is 0.409. The van der Waals surface area contributed by atoms with Gasteiger partial charge in [-0.25, -0.2) is 22.3 Å². The maximum Gasteiger partial charge on any atom is 0.319 e. The molecule has 1 fully saturated rings. The first-order chi connectivity index (χ1) is 15.3. The van der Waals surface area contributed by atoms with Gasteiger partial charge < -0.3 is 20.5 Å². The molecule has 10 heteroatoms. The Morgan fingerprint density at radius 1 is 1.19 bits per heavy atom. The predicted molar refractivity (Wildman–Crippen MR) is 118 cm³/mol. The smallest absolute Gasteiger partial charge is 0.319 e. The van der Waals surface area contributed by atoms with Gasteiger partial charge in [-0.05, 0) is 56.0 Å². The van der Waals surface area contributed by atoms with Crippen molar-refractivity contribution in [3.8, 4) is 0 Å². The fourth-order valence-corrected chi connectivity index (χ4v) is 4.99. The Hall–Kier alpha value is -2.53. The highest BCUT2D eigenvalue weighted by Crippen LogP contribution is 2.22. The minimum absolute atomic E-state index is 0.192. The van der Waals surface area contributed by atoms with Crippen molar-refractivity contribution in [2.24, 2.45) is 0 Å². The van der Waals surface area contributed by atoms with E-state index < -0.39 is 34.0 Å². The SMILES string of the molecule is Cc1ccccc1S(=O)(=O)NCC[C@@H]1CC[C@H](NC(=O)Nc2cccc(F)c2)[C@H](CO)O1. The molecular formula is C22H28FN3O5S. The molecular weight excluding hydrogens is 437 g/mol. The van der Waals surface area contributed by atoms with E-state index in [9.17, 15) is 22.7 Å². The van der Waals surface area contributed by atoms with Crippen molar-refractivity contribution in [2.45, 2.75) is 49.3 Å². The highest BCUT2D eigenvalue weighted by Gasteiger charge is 2.32. The number of halogens is 1. The van der Waals surface area contributed by atoms with Gasteiger partial charge in [0.25, 0.3) is 0 Å². The number of carbonyl (C=O) groups is 1. The van der Waals surface area contributed by atoms with E-state index in [1.54, 1.807) is 37.3 Å². The van der Waals surface area contributed by atoms with Crippen LogP contribution in [0.1, 0.15) is 24.8 Å². The van der Waals surface area contributed by atoms with Crippen LogP contribution in [-0.4, -0.2) is 51.0 Å². The molecule has 2 amide bonds. The number of benzene rings is 2. The Morgan fingerprint density at radius 3 is 2.69 bits per heavy atom. The minimum Gasteiger partial charge on any atom is -0.394 e. The molecule has 0 spiro atoms. The lowest BCUT2D eigenvalue weighted by Crippen LogP contribution is -2.52. The molecule has 32 heavy (non-hydrogen) atoms. The van der Waals surface area contributed by atoms with E-state index in [0.29, 0.717) is 30.5 Å². The number of aliphatic hydroxyl groups excluding tert-OH is 1. The highest BCUT2D eigenvalue weighted by molar-refractivity contribution is 7.89. The number of sulfonamides is 1. The number of rotatable bonds is 8. The van der Waals surface area contributed by atoms with Crippen molar-refractivity contribution in [2.75, 3.05) is 18.5 Å². The van der Waals surface area contributed by atoms with Crippen LogP contribution >= 0.6 is 0 Å². The maximum absolute atomic E-state index is 13.3. The molecule has 1 aliphatic rings.